The third-order valence-electron chi connectivity index (χ3n) is 2.11. The van der Waals surface area contributed by atoms with Gasteiger partial charge in [0.15, 0.2) is 5.78 Å². The van der Waals surface area contributed by atoms with Crippen molar-refractivity contribution in [3.05, 3.63) is 23.8 Å². The topological polar surface area (TPSA) is 87.8 Å². The number of ketones is 1. The quantitative estimate of drug-likeness (QED) is 0.759. The van der Waals surface area contributed by atoms with Crippen LogP contribution in [0.4, 0.5) is 0 Å². The second-order valence-corrected chi connectivity index (χ2v) is 3.52. The first-order valence-electron chi connectivity index (χ1n) is 5.19. The highest BCUT2D eigenvalue weighted by Crippen LogP contribution is 2.22. The molecule has 0 unspecified atom stereocenters. The van der Waals surface area contributed by atoms with E-state index in [4.69, 9.17) is 15.2 Å². The molecule has 0 atom stereocenters. The zero-order valence-corrected chi connectivity index (χ0v) is 10.3. The van der Waals surface area contributed by atoms with Gasteiger partial charge in [-0.3, -0.25) is 9.59 Å². The lowest BCUT2D eigenvalue weighted by Gasteiger charge is -2.08. The van der Waals surface area contributed by atoms with E-state index in [2.05, 4.69) is 4.74 Å². The van der Waals surface area contributed by atoms with Crippen molar-refractivity contribution in [3.8, 4) is 11.5 Å². The Balaban J connectivity index is 2.78. The van der Waals surface area contributed by atoms with Gasteiger partial charge in [0.2, 0.25) is 5.91 Å². The van der Waals surface area contributed by atoms with Gasteiger partial charge < -0.3 is 19.9 Å². The Kier molecular flexibility index (Phi) is 5.13. The predicted molar refractivity (Wildman–Crippen MR) is 63.9 cm³/mol. The molecule has 0 aliphatic rings. The molecule has 2 N–H and O–H groups in total. The molecule has 0 bridgehead atoms. The molecule has 0 saturated heterocycles. The summed E-state index contributed by atoms with van der Waals surface area (Å²) in [7, 11) is 2.88. The molecular formula is C12H15NO5. The van der Waals surface area contributed by atoms with Crippen LogP contribution in [0.3, 0.4) is 0 Å². The van der Waals surface area contributed by atoms with E-state index in [0.29, 0.717) is 11.5 Å². The predicted octanol–water partition coefficient (Wildman–Crippen LogP) is 0.388. The molecular weight excluding hydrogens is 238 g/mol. The maximum Gasteiger partial charge on any atom is 0.248 e. The molecule has 6 heteroatoms. The molecule has 1 aromatic carbocycles. The van der Waals surface area contributed by atoms with Crippen LogP contribution in [-0.4, -0.2) is 39.1 Å². The van der Waals surface area contributed by atoms with Gasteiger partial charge >= 0.3 is 0 Å². The molecule has 0 aliphatic heterocycles. The van der Waals surface area contributed by atoms with Gasteiger partial charge in [-0.1, -0.05) is 0 Å². The second kappa shape index (κ2) is 6.61. The van der Waals surface area contributed by atoms with Gasteiger partial charge in [0.1, 0.15) is 24.7 Å². The molecule has 0 heterocycles. The smallest absolute Gasteiger partial charge is 0.248 e. The molecule has 18 heavy (non-hydrogen) atoms. The van der Waals surface area contributed by atoms with Crippen LogP contribution in [-0.2, 0) is 9.53 Å². The van der Waals surface area contributed by atoms with Crippen molar-refractivity contribution in [2.45, 2.75) is 0 Å². The highest BCUT2D eigenvalue weighted by molar-refractivity contribution is 5.93. The molecule has 1 rings (SSSR count). The Morgan fingerprint density at radius 1 is 1.11 bits per heavy atom. The van der Waals surface area contributed by atoms with E-state index in [1.54, 1.807) is 6.07 Å². The number of primary amides is 1. The Morgan fingerprint density at radius 3 is 2.33 bits per heavy atom. The number of rotatable bonds is 7. The molecule has 6 nitrogen and oxygen atoms in total. The van der Waals surface area contributed by atoms with Crippen molar-refractivity contribution in [1.82, 2.24) is 0 Å². The van der Waals surface area contributed by atoms with Gasteiger partial charge in [0, 0.05) is 18.7 Å². The van der Waals surface area contributed by atoms with Gasteiger partial charge in [-0.05, 0) is 12.1 Å². The fourth-order valence-corrected chi connectivity index (χ4v) is 1.28. The number of nitrogens with two attached hydrogens (primary N) is 1. The van der Waals surface area contributed by atoms with Crippen molar-refractivity contribution >= 4 is 11.7 Å². The number of amides is 1. The average Bonchev–Trinajstić information content (AvgIpc) is 2.36. The summed E-state index contributed by atoms with van der Waals surface area (Å²) >= 11 is 0. The number of methoxy groups -OCH3 is 2. The first-order valence-corrected chi connectivity index (χ1v) is 5.19. The molecule has 98 valence electrons. The van der Waals surface area contributed by atoms with E-state index in [0.717, 1.165) is 0 Å². The lowest BCUT2D eigenvalue weighted by atomic mass is 10.2. The zero-order valence-electron chi connectivity index (χ0n) is 10.3. The number of carbonyl (C=O) groups is 2. The number of hydrogen-bond acceptors (Lipinski definition) is 5. The van der Waals surface area contributed by atoms with Crippen molar-refractivity contribution in [3.63, 3.8) is 0 Å². The Morgan fingerprint density at radius 2 is 1.78 bits per heavy atom. The van der Waals surface area contributed by atoms with Gasteiger partial charge in [-0.25, -0.2) is 0 Å². The van der Waals surface area contributed by atoms with Gasteiger partial charge in [-0.15, -0.1) is 0 Å². The summed E-state index contributed by atoms with van der Waals surface area (Å²) in [4.78, 5) is 22.3. The molecule has 1 amide bonds. The maximum atomic E-state index is 11.2. The summed E-state index contributed by atoms with van der Waals surface area (Å²) < 4.78 is 14.9. The number of benzene rings is 1. The van der Waals surface area contributed by atoms with Gasteiger partial charge in [0.05, 0.1) is 7.11 Å². The van der Waals surface area contributed by atoms with E-state index >= 15 is 0 Å². The van der Waals surface area contributed by atoms with Crippen molar-refractivity contribution in [2.24, 2.45) is 5.73 Å². The minimum Gasteiger partial charge on any atom is -0.497 e. The molecule has 0 radical (unpaired) electrons. The minimum absolute atomic E-state index is 0.0212. The average molecular weight is 253 g/mol. The maximum absolute atomic E-state index is 11.2. The summed E-state index contributed by atoms with van der Waals surface area (Å²) in [5.41, 5.74) is 5.43. The highest BCUT2D eigenvalue weighted by atomic mass is 16.5. The van der Waals surface area contributed by atoms with Crippen LogP contribution in [0.5, 0.6) is 11.5 Å². The lowest BCUT2D eigenvalue weighted by molar-refractivity contribution is -0.124. The van der Waals surface area contributed by atoms with Crippen molar-refractivity contribution in [1.29, 1.82) is 0 Å². The molecule has 0 aliphatic carbocycles. The largest absolute Gasteiger partial charge is 0.497 e. The van der Waals surface area contributed by atoms with Crippen LogP contribution < -0.4 is 15.2 Å². The SMILES string of the molecule is COCC(=O)COc1cc(OC)cc(C(N)=O)c1. The summed E-state index contributed by atoms with van der Waals surface area (Å²) in [6, 6.07) is 4.50. The van der Waals surface area contributed by atoms with E-state index < -0.39 is 5.91 Å². The summed E-state index contributed by atoms with van der Waals surface area (Å²) in [6.45, 7) is -0.161. The first-order chi connectivity index (χ1) is 8.56. The van der Waals surface area contributed by atoms with Crippen LogP contribution in [0.2, 0.25) is 0 Å². The number of ether oxygens (including phenoxy) is 3. The van der Waals surface area contributed by atoms with Crippen LogP contribution in [0, 0.1) is 0 Å². The summed E-state index contributed by atoms with van der Waals surface area (Å²) in [5.74, 6) is -0.0315. The highest BCUT2D eigenvalue weighted by Gasteiger charge is 2.08. The van der Waals surface area contributed by atoms with E-state index in [1.807, 2.05) is 0 Å². The van der Waals surface area contributed by atoms with E-state index in [9.17, 15) is 9.59 Å². The third-order valence-corrected chi connectivity index (χ3v) is 2.11. The van der Waals surface area contributed by atoms with Crippen LogP contribution >= 0.6 is 0 Å². The Labute approximate surface area is 105 Å². The number of hydrogen-bond donors (Lipinski definition) is 1. The monoisotopic (exact) mass is 253 g/mol. The number of Topliss-reactive ketones (excluding diaryl/α,β-unsaturated/α-hetero) is 1. The van der Waals surface area contributed by atoms with Crippen molar-refractivity contribution in [2.75, 3.05) is 27.4 Å². The third kappa shape index (κ3) is 4.06. The van der Waals surface area contributed by atoms with Crippen LogP contribution in [0.1, 0.15) is 10.4 Å². The summed E-state index contributed by atoms with van der Waals surface area (Å²) in [5, 5.41) is 0. The normalized spacial score (nSPS) is 9.89. The second-order valence-electron chi connectivity index (χ2n) is 3.52. The molecule has 0 spiro atoms. The fourth-order valence-electron chi connectivity index (χ4n) is 1.28. The van der Waals surface area contributed by atoms with Crippen LogP contribution in [0.25, 0.3) is 0 Å². The molecule has 0 fully saturated rings. The van der Waals surface area contributed by atoms with E-state index in [-0.39, 0.29) is 24.6 Å². The zero-order chi connectivity index (χ0) is 13.5. The first kappa shape index (κ1) is 14.0. The lowest BCUT2D eigenvalue weighted by Crippen LogP contribution is -2.17. The standard InChI is InChI=1S/C12H15NO5/c1-16-6-9(14)7-18-11-4-8(12(13)15)3-10(5-11)17-2/h3-5H,6-7H2,1-2H3,(H2,13,15). The molecule has 0 saturated carbocycles. The van der Waals surface area contributed by atoms with Gasteiger partial charge in [0.25, 0.3) is 0 Å². The van der Waals surface area contributed by atoms with Gasteiger partial charge in [-0.2, -0.15) is 0 Å². The molecule has 1 aromatic rings. The Bertz CT molecular complexity index is 444. The van der Waals surface area contributed by atoms with Crippen molar-refractivity contribution < 1.29 is 23.8 Å². The molecule has 0 aromatic heterocycles. The van der Waals surface area contributed by atoms with E-state index in [1.165, 1.54) is 26.4 Å². The number of carbonyl (C=O) groups excluding carboxylic acids is 2. The minimum atomic E-state index is -0.595. The Hall–Kier alpha value is -2.08. The fraction of sp³-hybridized carbons (Fsp3) is 0.333. The van der Waals surface area contributed by atoms with Crippen LogP contribution in [0.15, 0.2) is 18.2 Å². The summed E-state index contributed by atoms with van der Waals surface area (Å²) in [6.07, 6.45) is 0.